The molecule has 1 atom stereocenters. The average molecular weight is 710 g/mol. The molecule has 2 aromatic heterocycles. The van der Waals surface area contributed by atoms with Gasteiger partial charge in [-0.25, -0.2) is 46.3 Å². The van der Waals surface area contributed by atoms with Crippen LogP contribution in [0.4, 0.5) is 9.18 Å². The molecular weight excluding hydrogens is 681 g/mol. The Labute approximate surface area is 277 Å². The highest BCUT2D eigenvalue weighted by Crippen LogP contribution is 2.26. The number of carbonyl (C=O) groups excluding carboxylic acids is 2. The van der Waals surface area contributed by atoms with E-state index in [1.807, 2.05) is 6.92 Å². The second-order valence-electron chi connectivity index (χ2n) is 9.40. The minimum absolute atomic E-state index is 0.135. The molecule has 2 aromatic carbocycles. The lowest BCUT2D eigenvalue weighted by Gasteiger charge is -2.11. The average Bonchev–Trinajstić information content (AvgIpc) is 3.34. The molecule has 2 heterocycles. The van der Waals surface area contributed by atoms with Crippen LogP contribution in [0.3, 0.4) is 0 Å². The third kappa shape index (κ3) is 9.52. The zero-order valence-corrected chi connectivity index (χ0v) is 27.3. The molecule has 0 bridgehead atoms. The zero-order chi connectivity index (χ0) is 35.6. The molecule has 0 saturated heterocycles. The highest BCUT2D eigenvalue weighted by molar-refractivity contribution is 7.90. The Morgan fingerprint density at radius 1 is 1.10 bits per heavy atom. The summed E-state index contributed by atoms with van der Waals surface area (Å²) in [4.78, 5) is 50.0. The Hall–Kier alpha value is -5.49. The van der Waals surface area contributed by atoms with Crippen LogP contribution < -0.4 is 24.6 Å². The molecule has 0 aliphatic heterocycles. The first-order valence-corrected chi connectivity index (χ1v) is 15.6. The van der Waals surface area contributed by atoms with Crippen LogP contribution >= 0.6 is 11.6 Å². The van der Waals surface area contributed by atoms with E-state index in [1.165, 1.54) is 62.6 Å². The highest BCUT2D eigenvalue weighted by atomic mass is 35.5. The number of rotatable bonds is 11. The maximum atomic E-state index is 13.5. The minimum Gasteiger partial charge on any atom is -0.479 e. The number of halogens is 2. The van der Waals surface area contributed by atoms with Gasteiger partial charge in [0, 0.05) is 13.2 Å². The Balaban J connectivity index is 0.000000269. The minimum atomic E-state index is -4.48. The number of sulfonamides is 1. The molecule has 0 radical (unpaired) electrons. The Kier molecular flexibility index (Phi) is 12.6. The van der Waals surface area contributed by atoms with Gasteiger partial charge in [0.1, 0.15) is 16.4 Å². The number of esters is 1. The third-order valence-corrected chi connectivity index (χ3v) is 7.43. The van der Waals surface area contributed by atoms with Crippen molar-refractivity contribution in [3.05, 3.63) is 87.7 Å². The van der Waals surface area contributed by atoms with Crippen molar-refractivity contribution >= 4 is 39.6 Å². The fraction of sp³-hybridized carbons (Fsp3) is 0.241. The van der Waals surface area contributed by atoms with E-state index in [9.17, 15) is 32.0 Å². The second kappa shape index (κ2) is 16.4. The van der Waals surface area contributed by atoms with Crippen LogP contribution in [0.1, 0.15) is 30.6 Å². The molecule has 4 rings (SSSR count). The van der Waals surface area contributed by atoms with E-state index in [-0.39, 0.29) is 29.1 Å². The lowest BCUT2D eigenvalue weighted by atomic mass is 10.2. The number of carboxylic acids is 1. The summed E-state index contributed by atoms with van der Waals surface area (Å²) in [6, 6.07) is 10.9. The number of nitrogens with zero attached hydrogens (tertiary/aromatic N) is 4. The van der Waals surface area contributed by atoms with Crippen LogP contribution in [-0.4, -0.2) is 70.6 Å². The van der Waals surface area contributed by atoms with Crippen LogP contribution in [0, 0.1) is 5.82 Å². The molecule has 1 amide bonds. The van der Waals surface area contributed by atoms with Gasteiger partial charge in [-0.2, -0.15) is 0 Å². The molecule has 256 valence electrons. The molecule has 16 nitrogen and oxygen atoms in total. The molecule has 0 saturated carbocycles. The fourth-order valence-corrected chi connectivity index (χ4v) is 4.76. The predicted molar refractivity (Wildman–Crippen MR) is 166 cm³/mol. The second-order valence-corrected chi connectivity index (χ2v) is 11.5. The van der Waals surface area contributed by atoms with Crippen molar-refractivity contribution in [2.45, 2.75) is 31.3 Å². The van der Waals surface area contributed by atoms with E-state index in [0.717, 1.165) is 23.8 Å². The van der Waals surface area contributed by atoms with Gasteiger partial charge < -0.3 is 24.1 Å². The molecule has 0 spiro atoms. The number of ether oxygens (including phenoxy) is 4. The normalized spacial score (nSPS) is 11.4. The summed E-state index contributed by atoms with van der Waals surface area (Å²) in [6.07, 6.45) is 0.949. The summed E-state index contributed by atoms with van der Waals surface area (Å²) >= 11 is 5.59. The number of carboxylic acid groups (broad SMARTS) is 1. The topological polar surface area (TPSA) is 207 Å². The number of nitrogens with one attached hydrogen (secondary N) is 1. The van der Waals surface area contributed by atoms with Crippen LogP contribution in [-0.2, 0) is 26.6 Å². The van der Waals surface area contributed by atoms with Gasteiger partial charge in [0.2, 0.25) is 0 Å². The van der Waals surface area contributed by atoms with Gasteiger partial charge in [-0.05, 0) is 55.8 Å². The summed E-state index contributed by atoms with van der Waals surface area (Å²) < 4.78 is 61.7. The van der Waals surface area contributed by atoms with Crippen molar-refractivity contribution in [1.29, 1.82) is 0 Å². The van der Waals surface area contributed by atoms with Crippen molar-refractivity contribution < 1.29 is 51.2 Å². The maximum absolute atomic E-state index is 13.5. The molecule has 0 aliphatic carbocycles. The summed E-state index contributed by atoms with van der Waals surface area (Å²) in [5.41, 5.74) is -1.16. The Morgan fingerprint density at radius 3 is 2.35 bits per heavy atom. The number of methoxy groups -OCH3 is 1. The van der Waals surface area contributed by atoms with Gasteiger partial charge in [0.25, 0.3) is 15.9 Å². The first-order chi connectivity index (χ1) is 22.7. The van der Waals surface area contributed by atoms with Gasteiger partial charge >= 0.3 is 29.7 Å². The van der Waals surface area contributed by atoms with Gasteiger partial charge in [0.15, 0.2) is 11.9 Å². The molecule has 0 unspecified atom stereocenters. The smallest absolute Gasteiger partial charge is 0.360 e. The quantitative estimate of drug-likeness (QED) is 0.214. The Morgan fingerprint density at radius 2 is 1.75 bits per heavy atom. The highest BCUT2D eigenvalue weighted by Gasteiger charge is 2.27. The monoisotopic (exact) mass is 709 g/mol. The van der Waals surface area contributed by atoms with Crippen molar-refractivity contribution in [3.63, 3.8) is 0 Å². The van der Waals surface area contributed by atoms with Crippen molar-refractivity contribution in [3.8, 4) is 23.4 Å². The lowest BCUT2D eigenvalue weighted by Crippen LogP contribution is -2.40. The van der Waals surface area contributed by atoms with Gasteiger partial charge in [-0.15, -0.1) is 9.78 Å². The SMILES string of the molecule is CCCOc1nn(C(=O)NS(=O)(=O)c2ccccc2C(=O)OC)c(=O)n1C.C[C@@H](Oc1ccc(Oc2ncc(Cl)cc2F)cc1)C(=O)O. The standard InChI is InChI=1S/C15H18N4O7S.C14H11ClFNO4/c1-4-9-26-14-16-19(15(22)18(14)2)13(21)17-27(23,24)11-8-6-5-7-10(11)12(20)25-3;1-8(14(18)19)20-10-2-4-11(5-3-10)21-13-12(16)6-9(15)7-17-13/h5-8H,4,9H2,1-3H3,(H,17,21);2-8H,1H3,(H,18,19)/t;8-/m.1/s1. The lowest BCUT2D eigenvalue weighted by molar-refractivity contribution is -0.144. The number of hydrogen-bond acceptors (Lipinski definition) is 12. The van der Waals surface area contributed by atoms with Crippen molar-refractivity contribution in [2.75, 3.05) is 13.7 Å². The van der Waals surface area contributed by atoms with Gasteiger partial charge in [-0.3, -0.25) is 0 Å². The number of amides is 1. The van der Waals surface area contributed by atoms with Crippen LogP contribution in [0.5, 0.6) is 23.4 Å². The maximum Gasteiger partial charge on any atom is 0.360 e. The largest absolute Gasteiger partial charge is 0.479 e. The third-order valence-electron chi connectivity index (χ3n) is 5.84. The molecule has 4 aromatic rings. The van der Waals surface area contributed by atoms with E-state index in [2.05, 4.69) is 14.8 Å². The molecule has 19 heteroatoms. The number of carbonyl (C=O) groups is 3. The predicted octanol–water partition coefficient (Wildman–Crippen LogP) is 3.62. The summed E-state index contributed by atoms with van der Waals surface area (Å²) in [5.74, 6) is -2.15. The molecular formula is C29H29ClFN5O11S. The van der Waals surface area contributed by atoms with Crippen LogP contribution in [0.25, 0.3) is 0 Å². The van der Waals surface area contributed by atoms with Crippen LogP contribution in [0.2, 0.25) is 5.02 Å². The van der Waals surface area contributed by atoms with E-state index >= 15 is 0 Å². The molecule has 0 fully saturated rings. The van der Waals surface area contributed by atoms with E-state index in [0.29, 0.717) is 22.6 Å². The van der Waals surface area contributed by atoms with Gasteiger partial charge in [0.05, 0.1) is 24.3 Å². The number of hydrogen-bond donors (Lipinski definition) is 2. The number of pyridine rings is 1. The van der Waals surface area contributed by atoms with E-state index in [4.69, 9.17) is 30.9 Å². The molecule has 2 N–H and O–H groups in total. The summed E-state index contributed by atoms with van der Waals surface area (Å²) in [5, 5.41) is 12.6. The number of aliphatic carboxylic acids is 1. The summed E-state index contributed by atoms with van der Waals surface area (Å²) in [6.45, 7) is 3.52. The zero-order valence-electron chi connectivity index (χ0n) is 25.7. The first kappa shape index (κ1) is 37.0. The van der Waals surface area contributed by atoms with Crippen molar-refractivity contribution in [1.82, 2.24) is 24.1 Å². The first-order valence-electron chi connectivity index (χ1n) is 13.7. The summed E-state index contributed by atoms with van der Waals surface area (Å²) in [7, 11) is -2.06. The van der Waals surface area contributed by atoms with E-state index in [1.54, 1.807) is 4.72 Å². The van der Waals surface area contributed by atoms with Crippen LogP contribution in [0.15, 0.2) is 70.5 Å². The Bertz CT molecular complexity index is 1950. The van der Waals surface area contributed by atoms with Gasteiger partial charge in [-0.1, -0.05) is 30.7 Å². The van der Waals surface area contributed by atoms with Crippen molar-refractivity contribution in [2.24, 2.45) is 7.05 Å². The molecule has 0 aliphatic rings. The van der Waals surface area contributed by atoms with E-state index < -0.39 is 50.5 Å². The number of aromatic nitrogens is 4. The number of benzene rings is 2. The fourth-order valence-electron chi connectivity index (χ4n) is 3.49. The molecule has 48 heavy (non-hydrogen) atoms.